The Morgan fingerprint density at radius 3 is 2.40 bits per heavy atom. The van der Waals surface area contributed by atoms with Crippen LogP contribution in [-0.4, -0.2) is 35.1 Å². The Balaban J connectivity index is 2.13. The molecule has 0 bridgehead atoms. The van der Waals surface area contributed by atoms with Crippen molar-refractivity contribution in [3.8, 4) is 0 Å². The molecule has 0 aliphatic rings. The molecular weight excluding hydrogens is 246 g/mol. The summed E-state index contributed by atoms with van der Waals surface area (Å²) in [4.78, 5) is 6.58. The van der Waals surface area contributed by atoms with Gasteiger partial charge in [-0.2, -0.15) is 0 Å². The van der Waals surface area contributed by atoms with Gasteiger partial charge in [0.25, 0.3) is 0 Å². The Bertz CT molecular complexity index is 343. The van der Waals surface area contributed by atoms with Gasteiger partial charge in [0, 0.05) is 24.5 Å². The van der Waals surface area contributed by atoms with E-state index in [2.05, 4.69) is 55.0 Å². The molecule has 0 aromatic carbocycles. The molecule has 1 rings (SSSR count). The molecule has 1 aromatic heterocycles. The average Bonchev–Trinajstić information content (AvgIpc) is 2.41. The summed E-state index contributed by atoms with van der Waals surface area (Å²) in [5, 5.41) is 3.54. The van der Waals surface area contributed by atoms with Crippen molar-refractivity contribution in [1.82, 2.24) is 15.2 Å². The summed E-state index contributed by atoms with van der Waals surface area (Å²) in [6.07, 6.45) is 7.60. The summed E-state index contributed by atoms with van der Waals surface area (Å²) in [7, 11) is 0. The Hall–Kier alpha value is -0.930. The van der Waals surface area contributed by atoms with Crippen molar-refractivity contribution in [2.75, 3.05) is 19.6 Å². The summed E-state index contributed by atoms with van der Waals surface area (Å²) in [6.45, 7) is 13.4. The zero-order chi connectivity index (χ0) is 14.8. The van der Waals surface area contributed by atoms with Crippen LogP contribution < -0.4 is 5.32 Å². The molecule has 0 amide bonds. The molecule has 20 heavy (non-hydrogen) atoms. The summed E-state index contributed by atoms with van der Waals surface area (Å²) < 4.78 is 0. The molecule has 0 fully saturated rings. The average molecular weight is 277 g/mol. The van der Waals surface area contributed by atoms with Crippen molar-refractivity contribution in [1.29, 1.82) is 0 Å². The summed E-state index contributed by atoms with van der Waals surface area (Å²) in [6, 6.07) is 4.21. The first-order valence-corrected chi connectivity index (χ1v) is 7.87. The van der Waals surface area contributed by atoms with Crippen LogP contribution in [-0.2, 0) is 6.54 Å². The monoisotopic (exact) mass is 277 g/mol. The van der Waals surface area contributed by atoms with Gasteiger partial charge in [0.2, 0.25) is 0 Å². The third kappa shape index (κ3) is 8.28. The second-order valence-corrected chi connectivity index (χ2v) is 6.46. The normalized spacial score (nSPS) is 12.1. The number of hydrogen-bond acceptors (Lipinski definition) is 3. The molecule has 3 nitrogen and oxygen atoms in total. The number of rotatable bonds is 9. The van der Waals surface area contributed by atoms with Crippen molar-refractivity contribution in [3.05, 3.63) is 30.1 Å². The summed E-state index contributed by atoms with van der Waals surface area (Å²) in [5.41, 5.74) is 1.60. The largest absolute Gasteiger partial charge is 0.312 e. The first kappa shape index (κ1) is 17.1. The van der Waals surface area contributed by atoms with Crippen LogP contribution in [0.15, 0.2) is 24.5 Å². The molecule has 0 saturated heterocycles. The number of hydrogen-bond donors (Lipinski definition) is 1. The van der Waals surface area contributed by atoms with Gasteiger partial charge < -0.3 is 5.32 Å². The third-order valence-corrected chi connectivity index (χ3v) is 3.41. The highest BCUT2D eigenvalue weighted by Gasteiger charge is 2.07. The lowest BCUT2D eigenvalue weighted by molar-refractivity contribution is 0.272. The van der Waals surface area contributed by atoms with E-state index < -0.39 is 0 Å². The highest BCUT2D eigenvalue weighted by Crippen LogP contribution is 2.06. The van der Waals surface area contributed by atoms with Crippen LogP contribution >= 0.6 is 0 Å². The minimum absolute atomic E-state index is 0.247. The number of nitrogens with one attached hydrogen (secondary N) is 1. The van der Waals surface area contributed by atoms with Gasteiger partial charge in [-0.1, -0.05) is 13.3 Å². The zero-order valence-electron chi connectivity index (χ0n) is 13.7. The van der Waals surface area contributed by atoms with Gasteiger partial charge in [0.05, 0.1) is 0 Å². The van der Waals surface area contributed by atoms with E-state index in [-0.39, 0.29) is 5.54 Å². The molecule has 0 aliphatic heterocycles. The number of pyridine rings is 1. The van der Waals surface area contributed by atoms with Gasteiger partial charge >= 0.3 is 0 Å². The highest BCUT2D eigenvalue weighted by atomic mass is 15.1. The topological polar surface area (TPSA) is 28.2 Å². The minimum Gasteiger partial charge on any atom is -0.312 e. The molecule has 0 spiro atoms. The minimum atomic E-state index is 0.247. The lowest BCUT2D eigenvalue weighted by Gasteiger charge is -2.22. The second-order valence-electron chi connectivity index (χ2n) is 6.46. The van der Waals surface area contributed by atoms with Crippen molar-refractivity contribution in [2.45, 2.75) is 59.0 Å². The summed E-state index contributed by atoms with van der Waals surface area (Å²) in [5.74, 6) is 0. The zero-order valence-corrected chi connectivity index (χ0v) is 13.7. The maximum absolute atomic E-state index is 4.07. The van der Waals surface area contributed by atoms with Gasteiger partial charge in [0.15, 0.2) is 0 Å². The lowest BCUT2D eigenvalue weighted by atomic mass is 10.1. The van der Waals surface area contributed by atoms with Gasteiger partial charge in [0.1, 0.15) is 0 Å². The molecule has 0 aliphatic carbocycles. The maximum Gasteiger partial charge on any atom is 0.0271 e. The van der Waals surface area contributed by atoms with E-state index in [9.17, 15) is 0 Å². The number of nitrogens with zero attached hydrogens (tertiary/aromatic N) is 2. The SMILES string of the molecule is CCN(CCCCCNC(C)(C)C)Cc1ccncc1. The van der Waals surface area contributed by atoms with Crippen LogP contribution in [0.3, 0.4) is 0 Å². The quantitative estimate of drug-likeness (QED) is 0.701. The predicted octanol–water partition coefficient (Wildman–Crippen LogP) is 3.46. The molecule has 0 saturated carbocycles. The Labute approximate surface area is 124 Å². The fourth-order valence-electron chi connectivity index (χ4n) is 2.20. The van der Waals surface area contributed by atoms with Crippen LogP contribution in [0, 0.1) is 0 Å². The maximum atomic E-state index is 4.07. The molecule has 1 heterocycles. The van der Waals surface area contributed by atoms with Crippen LogP contribution in [0.1, 0.15) is 52.5 Å². The highest BCUT2D eigenvalue weighted by molar-refractivity contribution is 5.09. The van der Waals surface area contributed by atoms with E-state index >= 15 is 0 Å². The van der Waals surface area contributed by atoms with Gasteiger partial charge in [-0.15, -0.1) is 0 Å². The van der Waals surface area contributed by atoms with E-state index in [1.54, 1.807) is 0 Å². The molecule has 1 aromatic rings. The van der Waals surface area contributed by atoms with Crippen LogP contribution in [0.5, 0.6) is 0 Å². The van der Waals surface area contributed by atoms with E-state index in [1.165, 1.54) is 31.4 Å². The Morgan fingerprint density at radius 1 is 1.10 bits per heavy atom. The molecule has 0 unspecified atom stereocenters. The fourth-order valence-corrected chi connectivity index (χ4v) is 2.20. The standard InChI is InChI=1S/C17H31N3/c1-5-20(15-16-9-12-18-13-10-16)14-8-6-7-11-19-17(2,3)4/h9-10,12-13,19H,5-8,11,14-15H2,1-4H3. The van der Waals surface area contributed by atoms with E-state index in [0.29, 0.717) is 0 Å². The summed E-state index contributed by atoms with van der Waals surface area (Å²) >= 11 is 0. The van der Waals surface area contributed by atoms with Gasteiger partial charge in [-0.3, -0.25) is 9.88 Å². The molecule has 1 N–H and O–H groups in total. The van der Waals surface area contributed by atoms with Crippen molar-refractivity contribution < 1.29 is 0 Å². The first-order chi connectivity index (χ1) is 9.51. The van der Waals surface area contributed by atoms with Crippen LogP contribution in [0.4, 0.5) is 0 Å². The van der Waals surface area contributed by atoms with Crippen molar-refractivity contribution in [2.24, 2.45) is 0 Å². The smallest absolute Gasteiger partial charge is 0.0271 e. The second kappa shape index (κ2) is 9.09. The van der Waals surface area contributed by atoms with Crippen molar-refractivity contribution >= 4 is 0 Å². The van der Waals surface area contributed by atoms with Gasteiger partial charge in [-0.05, 0) is 70.9 Å². The molecule has 0 atom stereocenters. The van der Waals surface area contributed by atoms with E-state index in [4.69, 9.17) is 0 Å². The number of aromatic nitrogens is 1. The first-order valence-electron chi connectivity index (χ1n) is 7.87. The number of unbranched alkanes of at least 4 members (excludes halogenated alkanes) is 2. The van der Waals surface area contributed by atoms with E-state index in [1.807, 2.05) is 12.4 Å². The van der Waals surface area contributed by atoms with E-state index in [0.717, 1.165) is 19.6 Å². The molecule has 114 valence electrons. The van der Waals surface area contributed by atoms with Crippen LogP contribution in [0.2, 0.25) is 0 Å². The van der Waals surface area contributed by atoms with Gasteiger partial charge in [-0.25, -0.2) is 0 Å². The van der Waals surface area contributed by atoms with Crippen LogP contribution in [0.25, 0.3) is 0 Å². The Kier molecular flexibility index (Phi) is 7.78. The van der Waals surface area contributed by atoms with Crippen molar-refractivity contribution in [3.63, 3.8) is 0 Å². The fraction of sp³-hybridized carbons (Fsp3) is 0.706. The predicted molar refractivity (Wildman–Crippen MR) is 86.8 cm³/mol. The molecule has 3 heteroatoms. The molecular formula is C17H31N3. The Morgan fingerprint density at radius 2 is 1.80 bits per heavy atom. The lowest BCUT2D eigenvalue weighted by Crippen LogP contribution is -2.36. The molecule has 0 radical (unpaired) electrons. The third-order valence-electron chi connectivity index (χ3n) is 3.41.